The molecule has 8 nitrogen and oxygen atoms in total. The lowest BCUT2D eigenvalue weighted by Crippen LogP contribution is -2.23. The highest BCUT2D eigenvalue weighted by Crippen LogP contribution is 2.30. The molecule has 0 aliphatic carbocycles. The van der Waals surface area contributed by atoms with Gasteiger partial charge in [-0.25, -0.2) is 19.9 Å². The Hall–Kier alpha value is -3.12. The van der Waals surface area contributed by atoms with E-state index in [2.05, 4.69) is 25.0 Å². The molecule has 0 saturated heterocycles. The molecule has 0 fully saturated rings. The van der Waals surface area contributed by atoms with Crippen molar-refractivity contribution < 1.29 is 22.5 Å². The van der Waals surface area contributed by atoms with Crippen molar-refractivity contribution in [2.24, 2.45) is 4.99 Å². The van der Waals surface area contributed by atoms with Gasteiger partial charge in [0.25, 0.3) is 11.9 Å². The molecule has 2 aromatic heterocycles. The molecule has 1 atom stereocenters. The molecular formula is C15H9F3N6O2S. The average Bonchev–Trinajstić information content (AvgIpc) is 3.14. The van der Waals surface area contributed by atoms with E-state index in [1.807, 2.05) is 0 Å². The summed E-state index contributed by atoms with van der Waals surface area (Å²) in [6.07, 6.45) is 5.36. The lowest BCUT2D eigenvalue weighted by Gasteiger charge is -2.11. The molecule has 2 heterocycles. The standard InChI is InChI=1S/C15H9F3N6O2S/c16-15(17,18)27(26)11-4-2-10(3-5-11)13(25)21-8-12-22-9-23-24(12)14-19-6-1-7-20-14/h1-9H/b21-8+. The van der Waals surface area contributed by atoms with E-state index in [9.17, 15) is 22.5 Å². The minimum Gasteiger partial charge on any atom is -0.604 e. The van der Waals surface area contributed by atoms with Gasteiger partial charge in [-0.2, -0.15) is 9.78 Å². The summed E-state index contributed by atoms with van der Waals surface area (Å²) in [5.74, 6) is -0.310. The van der Waals surface area contributed by atoms with E-state index in [0.29, 0.717) is 0 Å². The number of amides is 1. The van der Waals surface area contributed by atoms with Crippen LogP contribution in [-0.4, -0.2) is 46.9 Å². The number of carbonyl (C=O) groups excluding carboxylic acids is 1. The average molecular weight is 394 g/mol. The summed E-state index contributed by atoms with van der Waals surface area (Å²) in [4.78, 5) is 27.2. The number of benzene rings is 1. The van der Waals surface area contributed by atoms with Crippen molar-refractivity contribution in [1.29, 1.82) is 0 Å². The zero-order valence-corrected chi connectivity index (χ0v) is 14.1. The summed E-state index contributed by atoms with van der Waals surface area (Å²) in [5, 5.41) is 3.93. The number of carbonyl (C=O) groups is 1. The van der Waals surface area contributed by atoms with Crippen molar-refractivity contribution in [2.45, 2.75) is 10.4 Å². The van der Waals surface area contributed by atoms with Crippen LogP contribution in [0.25, 0.3) is 5.95 Å². The molecule has 1 aromatic carbocycles. The van der Waals surface area contributed by atoms with Gasteiger partial charge in [-0.3, -0.25) is 4.79 Å². The third-order valence-corrected chi connectivity index (χ3v) is 4.26. The van der Waals surface area contributed by atoms with Crippen molar-refractivity contribution in [2.75, 3.05) is 0 Å². The Kier molecular flexibility index (Phi) is 5.28. The highest BCUT2D eigenvalue weighted by molar-refractivity contribution is 7.92. The van der Waals surface area contributed by atoms with Crippen LogP contribution in [0, 0.1) is 0 Å². The summed E-state index contributed by atoms with van der Waals surface area (Å²) >= 11 is -3.16. The number of alkyl halides is 3. The Bertz CT molecular complexity index is 960. The number of aromatic nitrogens is 5. The molecule has 0 radical (unpaired) electrons. The molecule has 12 heteroatoms. The van der Waals surface area contributed by atoms with Gasteiger partial charge in [-0.05, 0) is 30.3 Å². The second-order valence-electron chi connectivity index (χ2n) is 4.88. The topological polar surface area (TPSA) is 109 Å². The maximum absolute atomic E-state index is 12.4. The Balaban J connectivity index is 1.76. The first kappa shape index (κ1) is 18.7. The summed E-state index contributed by atoms with van der Waals surface area (Å²) in [7, 11) is 0. The van der Waals surface area contributed by atoms with Crippen molar-refractivity contribution in [3.05, 3.63) is 60.4 Å². The molecule has 0 spiro atoms. The maximum atomic E-state index is 12.4. The quantitative estimate of drug-likeness (QED) is 0.494. The predicted molar refractivity (Wildman–Crippen MR) is 87.8 cm³/mol. The molecule has 0 saturated carbocycles. The fourth-order valence-corrected chi connectivity index (χ4v) is 2.59. The number of halogens is 3. The van der Waals surface area contributed by atoms with Gasteiger partial charge in [-0.15, -0.1) is 13.2 Å². The van der Waals surface area contributed by atoms with Crippen LogP contribution in [0.5, 0.6) is 0 Å². The van der Waals surface area contributed by atoms with Crippen molar-refractivity contribution in [3.8, 4) is 5.95 Å². The number of hydrogen-bond acceptors (Lipinski definition) is 6. The third kappa shape index (κ3) is 4.35. The van der Waals surface area contributed by atoms with Crippen LogP contribution in [-0.2, 0) is 11.2 Å². The molecule has 1 amide bonds. The van der Waals surface area contributed by atoms with Crippen molar-refractivity contribution in [3.63, 3.8) is 0 Å². The first-order valence-corrected chi connectivity index (χ1v) is 8.36. The summed E-state index contributed by atoms with van der Waals surface area (Å²) in [6.45, 7) is 0. The van der Waals surface area contributed by atoms with Gasteiger partial charge < -0.3 is 4.55 Å². The Labute approximate surface area is 153 Å². The highest BCUT2D eigenvalue weighted by atomic mass is 32.2. The Morgan fingerprint density at radius 1 is 1.15 bits per heavy atom. The molecule has 3 rings (SSSR count). The van der Waals surface area contributed by atoms with Crippen molar-refractivity contribution in [1.82, 2.24) is 24.7 Å². The molecule has 0 bridgehead atoms. The Morgan fingerprint density at radius 2 is 1.81 bits per heavy atom. The van der Waals surface area contributed by atoms with Gasteiger partial charge in [0.05, 0.1) is 17.4 Å². The lowest BCUT2D eigenvalue weighted by atomic mass is 10.2. The van der Waals surface area contributed by atoms with E-state index in [1.54, 1.807) is 6.07 Å². The van der Waals surface area contributed by atoms with Gasteiger partial charge in [0.2, 0.25) is 0 Å². The predicted octanol–water partition coefficient (Wildman–Crippen LogP) is 1.94. The molecular weight excluding hydrogens is 385 g/mol. The normalized spacial score (nSPS) is 13.0. The second kappa shape index (κ2) is 7.63. The minimum absolute atomic E-state index is 0.0243. The van der Waals surface area contributed by atoms with E-state index < -0.39 is 27.5 Å². The monoisotopic (exact) mass is 394 g/mol. The molecule has 3 aromatic rings. The van der Waals surface area contributed by atoms with Crippen LogP contribution in [0.2, 0.25) is 0 Å². The maximum Gasteiger partial charge on any atom is 0.578 e. The smallest absolute Gasteiger partial charge is 0.578 e. The molecule has 1 unspecified atom stereocenters. The third-order valence-electron chi connectivity index (χ3n) is 3.14. The number of hydrogen-bond donors (Lipinski definition) is 0. The zero-order chi connectivity index (χ0) is 19.4. The number of aliphatic imine (C=N–C) groups is 1. The molecule has 0 aliphatic rings. The Morgan fingerprint density at radius 3 is 2.44 bits per heavy atom. The van der Waals surface area contributed by atoms with Gasteiger partial charge in [0.15, 0.2) is 10.7 Å². The fraction of sp³-hybridized carbons (Fsp3) is 0.0667. The molecule has 27 heavy (non-hydrogen) atoms. The van der Waals surface area contributed by atoms with E-state index >= 15 is 0 Å². The first-order chi connectivity index (χ1) is 12.9. The lowest BCUT2D eigenvalue weighted by molar-refractivity contribution is -0.0435. The molecule has 0 aliphatic heterocycles. The summed E-state index contributed by atoms with van der Waals surface area (Å²) in [6, 6.07) is 5.78. The molecule has 0 N–H and O–H groups in total. The molecule has 138 valence electrons. The fourth-order valence-electron chi connectivity index (χ4n) is 1.94. The van der Waals surface area contributed by atoms with Gasteiger partial charge >= 0.3 is 5.51 Å². The summed E-state index contributed by atoms with van der Waals surface area (Å²) in [5.41, 5.74) is -4.84. The van der Waals surface area contributed by atoms with Crippen LogP contribution in [0.3, 0.4) is 0 Å². The van der Waals surface area contributed by atoms with Gasteiger partial charge in [0, 0.05) is 18.0 Å². The summed E-state index contributed by atoms with van der Waals surface area (Å²) < 4.78 is 49.8. The van der Waals surface area contributed by atoms with Crippen LogP contribution < -0.4 is 0 Å². The van der Waals surface area contributed by atoms with E-state index in [0.717, 1.165) is 30.5 Å². The van der Waals surface area contributed by atoms with Crippen LogP contribution in [0.1, 0.15) is 16.2 Å². The number of nitrogens with zero attached hydrogens (tertiary/aromatic N) is 6. The van der Waals surface area contributed by atoms with Gasteiger partial charge in [-0.1, -0.05) is 0 Å². The first-order valence-electron chi connectivity index (χ1n) is 7.21. The van der Waals surface area contributed by atoms with Gasteiger partial charge in [0.1, 0.15) is 6.33 Å². The highest BCUT2D eigenvalue weighted by Gasteiger charge is 2.46. The van der Waals surface area contributed by atoms with E-state index in [4.69, 9.17) is 0 Å². The SMILES string of the molecule is O=C(/N=C/c1ncnn1-c1ncccn1)c1ccc([S+]([O-])C(F)(F)F)cc1. The van der Waals surface area contributed by atoms with Crippen LogP contribution in [0.4, 0.5) is 13.2 Å². The number of rotatable bonds is 4. The van der Waals surface area contributed by atoms with E-state index in [1.165, 1.54) is 23.4 Å². The van der Waals surface area contributed by atoms with Crippen LogP contribution in [0.15, 0.2) is 58.9 Å². The largest absolute Gasteiger partial charge is 0.604 e. The van der Waals surface area contributed by atoms with Crippen LogP contribution >= 0.6 is 0 Å². The minimum atomic E-state index is -4.87. The van der Waals surface area contributed by atoms with Crippen molar-refractivity contribution >= 4 is 23.3 Å². The second-order valence-corrected chi connectivity index (χ2v) is 6.35. The van der Waals surface area contributed by atoms with E-state index in [-0.39, 0.29) is 17.3 Å². The zero-order valence-electron chi connectivity index (χ0n) is 13.2.